The molecule has 3 aromatic rings. The first kappa shape index (κ1) is 18.7. The fourth-order valence-corrected chi connectivity index (χ4v) is 3.46. The van der Waals surface area contributed by atoms with Crippen molar-refractivity contribution in [1.29, 1.82) is 0 Å². The van der Waals surface area contributed by atoms with Gasteiger partial charge >= 0.3 is 10.1 Å². The lowest BCUT2D eigenvalue weighted by Gasteiger charge is -2.12. The van der Waals surface area contributed by atoms with Crippen molar-refractivity contribution < 1.29 is 17.4 Å². The van der Waals surface area contributed by atoms with Crippen LogP contribution in [-0.4, -0.2) is 14.3 Å². The third kappa shape index (κ3) is 4.54. The zero-order valence-electron chi connectivity index (χ0n) is 14.8. The molecule has 0 radical (unpaired) electrons. The lowest BCUT2D eigenvalue weighted by atomic mass is 10.1. The van der Waals surface area contributed by atoms with E-state index in [9.17, 15) is 13.2 Å². The van der Waals surface area contributed by atoms with E-state index in [1.54, 1.807) is 19.1 Å². The van der Waals surface area contributed by atoms with Crippen LogP contribution in [0.3, 0.4) is 0 Å². The predicted molar refractivity (Wildman–Crippen MR) is 105 cm³/mol. The Bertz CT molecular complexity index is 1030. The summed E-state index contributed by atoms with van der Waals surface area (Å²) in [5, 5.41) is 2.68. The maximum Gasteiger partial charge on any atom is 0.339 e. The van der Waals surface area contributed by atoms with Crippen LogP contribution in [0.2, 0.25) is 0 Å². The third-order valence-corrected chi connectivity index (χ3v) is 5.17. The molecule has 3 aromatic carbocycles. The van der Waals surface area contributed by atoms with Crippen LogP contribution in [0.5, 0.6) is 5.75 Å². The second-order valence-corrected chi connectivity index (χ2v) is 7.37. The second-order valence-electron chi connectivity index (χ2n) is 5.83. The number of benzene rings is 3. The fourth-order valence-electron chi connectivity index (χ4n) is 2.52. The standard InChI is InChI=1S/C21H19NO4S/c1-2-21(23)22-17-12-14-18(15-13-17)27(24,25)26-20-11-7-6-10-19(20)16-8-4-3-5-9-16/h3-15H,2H2,1H3,(H,22,23). The Hall–Kier alpha value is -3.12. The van der Waals surface area contributed by atoms with E-state index in [0.29, 0.717) is 17.7 Å². The summed E-state index contributed by atoms with van der Waals surface area (Å²) < 4.78 is 30.7. The molecule has 1 N–H and O–H groups in total. The predicted octanol–water partition coefficient (Wildman–Crippen LogP) is 4.47. The van der Waals surface area contributed by atoms with E-state index in [1.807, 2.05) is 42.5 Å². The second kappa shape index (κ2) is 8.05. The van der Waals surface area contributed by atoms with Gasteiger partial charge in [-0.05, 0) is 35.9 Å². The molecule has 0 heterocycles. The van der Waals surface area contributed by atoms with Gasteiger partial charge in [0.1, 0.15) is 4.90 Å². The molecule has 0 atom stereocenters. The van der Waals surface area contributed by atoms with Gasteiger partial charge in [0.25, 0.3) is 0 Å². The molecule has 0 aromatic heterocycles. The lowest BCUT2D eigenvalue weighted by Crippen LogP contribution is -2.12. The highest BCUT2D eigenvalue weighted by molar-refractivity contribution is 7.87. The summed E-state index contributed by atoms with van der Waals surface area (Å²) in [6, 6.07) is 22.3. The molecule has 0 unspecified atom stereocenters. The van der Waals surface area contributed by atoms with Gasteiger partial charge in [-0.3, -0.25) is 4.79 Å². The summed E-state index contributed by atoms with van der Waals surface area (Å²) in [4.78, 5) is 11.4. The van der Waals surface area contributed by atoms with Crippen molar-refractivity contribution >= 4 is 21.7 Å². The summed E-state index contributed by atoms with van der Waals surface area (Å²) in [5.74, 6) is 0.116. The third-order valence-electron chi connectivity index (χ3n) is 3.92. The number of hydrogen-bond acceptors (Lipinski definition) is 4. The number of carbonyl (C=O) groups excluding carboxylic acids is 1. The van der Waals surface area contributed by atoms with Crippen LogP contribution in [0, 0.1) is 0 Å². The lowest BCUT2D eigenvalue weighted by molar-refractivity contribution is -0.115. The first-order valence-corrected chi connectivity index (χ1v) is 9.89. The first-order valence-electron chi connectivity index (χ1n) is 8.48. The maximum atomic E-state index is 12.7. The summed E-state index contributed by atoms with van der Waals surface area (Å²) >= 11 is 0. The normalized spacial score (nSPS) is 11.0. The molecule has 5 nitrogen and oxygen atoms in total. The average molecular weight is 381 g/mol. The summed E-state index contributed by atoms with van der Waals surface area (Å²) in [6.07, 6.45) is 0.347. The van der Waals surface area contributed by atoms with Gasteiger partial charge in [0.05, 0.1) is 0 Å². The van der Waals surface area contributed by atoms with E-state index in [1.165, 1.54) is 24.3 Å². The highest BCUT2D eigenvalue weighted by atomic mass is 32.2. The smallest absolute Gasteiger partial charge is 0.339 e. The molecule has 138 valence electrons. The molecule has 0 bridgehead atoms. The van der Waals surface area contributed by atoms with Crippen LogP contribution in [0.1, 0.15) is 13.3 Å². The molecule has 0 fully saturated rings. The number of anilines is 1. The van der Waals surface area contributed by atoms with Crippen LogP contribution >= 0.6 is 0 Å². The SMILES string of the molecule is CCC(=O)Nc1ccc(S(=O)(=O)Oc2ccccc2-c2ccccc2)cc1. The van der Waals surface area contributed by atoms with Crippen molar-refractivity contribution in [3.8, 4) is 16.9 Å². The van der Waals surface area contributed by atoms with Crippen LogP contribution in [-0.2, 0) is 14.9 Å². The Labute approximate surface area is 158 Å². The molecule has 0 aliphatic carbocycles. The monoisotopic (exact) mass is 381 g/mol. The highest BCUT2D eigenvalue weighted by Gasteiger charge is 2.19. The minimum absolute atomic E-state index is 0.0138. The summed E-state index contributed by atoms with van der Waals surface area (Å²) in [5.41, 5.74) is 2.08. The Kier molecular flexibility index (Phi) is 5.57. The van der Waals surface area contributed by atoms with Gasteiger partial charge in [-0.1, -0.05) is 55.5 Å². The zero-order chi connectivity index (χ0) is 19.3. The number of nitrogens with one attached hydrogen (secondary N) is 1. The van der Waals surface area contributed by atoms with E-state index >= 15 is 0 Å². The van der Waals surface area contributed by atoms with E-state index in [4.69, 9.17) is 4.18 Å². The largest absolute Gasteiger partial charge is 0.378 e. The zero-order valence-corrected chi connectivity index (χ0v) is 15.6. The topological polar surface area (TPSA) is 72.5 Å². The number of para-hydroxylation sites is 1. The molecular weight excluding hydrogens is 362 g/mol. The highest BCUT2D eigenvalue weighted by Crippen LogP contribution is 2.31. The van der Waals surface area contributed by atoms with E-state index in [2.05, 4.69) is 5.32 Å². The Balaban J connectivity index is 1.86. The molecule has 0 saturated heterocycles. The molecule has 0 aliphatic heterocycles. The number of carbonyl (C=O) groups is 1. The molecule has 0 saturated carbocycles. The van der Waals surface area contributed by atoms with Crippen molar-refractivity contribution in [3.05, 3.63) is 78.9 Å². The minimum atomic E-state index is -4.01. The van der Waals surface area contributed by atoms with Crippen LogP contribution in [0.25, 0.3) is 11.1 Å². The average Bonchev–Trinajstić information content (AvgIpc) is 2.69. The Morgan fingerprint density at radius 2 is 1.52 bits per heavy atom. The molecule has 27 heavy (non-hydrogen) atoms. The molecule has 1 amide bonds. The van der Waals surface area contributed by atoms with Gasteiger partial charge < -0.3 is 9.50 Å². The van der Waals surface area contributed by atoms with Crippen molar-refractivity contribution in [2.24, 2.45) is 0 Å². The summed E-state index contributed by atoms with van der Waals surface area (Å²) in [7, 11) is -4.01. The van der Waals surface area contributed by atoms with Crippen LogP contribution < -0.4 is 9.50 Å². The number of hydrogen-bond donors (Lipinski definition) is 1. The van der Waals surface area contributed by atoms with E-state index in [-0.39, 0.29) is 16.6 Å². The van der Waals surface area contributed by atoms with Gasteiger partial charge in [0.2, 0.25) is 5.91 Å². The number of amides is 1. The van der Waals surface area contributed by atoms with Crippen LogP contribution in [0.4, 0.5) is 5.69 Å². The van der Waals surface area contributed by atoms with Crippen molar-refractivity contribution in [3.63, 3.8) is 0 Å². The van der Waals surface area contributed by atoms with E-state index in [0.717, 1.165) is 5.56 Å². The van der Waals surface area contributed by atoms with E-state index < -0.39 is 10.1 Å². The summed E-state index contributed by atoms with van der Waals surface area (Å²) in [6.45, 7) is 1.74. The molecule has 6 heteroatoms. The molecular formula is C21H19NO4S. The quantitative estimate of drug-likeness (QED) is 0.640. The molecule has 0 aliphatic rings. The maximum absolute atomic E-state index is 12.7. The van der Waals surface area contributed by atoms with Gasteiger partial charge in [-0.25, -0.2) is 0 Å². The Morgan fingerprint density at radius 3 is 2.19 bits per heavy atom. The van der Waals surface area contributed by atoms with Gasteiger partial charge in [0.15, 0.2) is 5.75 Å². The van der Waals surface area contributed by atoms with Crippen molar-refractivity contribution in [2.45, 2.75) is 18.2 Å². The van der Waals surface area contributed by atoms with Crippen LogP contribution in [0.15, 0.2) is 83.8 Å². The molecule has 3 rings (SSSR count). The Morgan fingerprint density at radius 1 is 0.889 bits per heavy atom. The minimum Gasteiger partial charge on any atom is -0.378 e. The number of rotatable bonds is 6. The van der Waals surface area contributed by atoms with Gasteiger partial charge in [-0.2, -0.15) is 8.42 Å². The fraction of sp³-hybridized carbons (Fsp3) is 0.0952. The first-order chi connectivity index (χ1) is 13.0. The van der Waals surface area contributed by atoms with Gasteiger partial charge in [0, 0.05) is 17.7 Å². The van der Waals surface area contributed by atoms with Crippen molar-refractivity contribution in [2.75, 3.05) is 5.32 Å². The molecule has 0 spiro atoms. The van der Waals surface area contributed by atoms with Gasteiger partial charge in [-0.15, -0.1) is 0 Å². The van der Waals surface area contributed by atoms with Crippen molar-refractivity contribution in [1.82, 2.24) is 0 Å².